The Balaban J connectivity index is 1.46. The van der Waals surface area contributed by atoms with Crippen molar-refractivity contribution in [2.75, 3.05) is 14.2 Å². The molecule has 0 bridgehead atoms. The Bertz CT molecular complexity index is 1300. The number of benzene rings is 3. The van der Waals surface area contributed by atoms with Crippen molar-refractivity contribution in [3.63, 3.8) is 0 Å². The van der Waals surface area contributed by atoms with E-state index in [2.05, 4.69) is 16.0 Å². The number of nitrogens with zero attached hydrogens (tertiary/aromatic N) is 2. The van der Waals surface area contributed by atoms with Crippen molar-refractivity contribution >= 4 is 11.8 Å². The van der Waals surface area contributed by atoms with Crippen LogP contribution in [-0.2, 0) is 11.2 Å². The van der Waals surface area contributed by atoms with Gasteiger partial charge in [0.1, 0.15) is 17.2 Å². The van der Waals surface area contributed by atoms with Crippen LogP contribution in [0.2, 0.25) is 0 Å². The number of hydrogen-bond acceptors (Lipinski definition) is 5. The van der Waals surface area contributed by atoms with Crippen LogP contribution in [0.1, 0.15) is 22.3 Å². The van der Waals surface area contributed by atoms with E-state index in [9.17, 15) is 9.59 Å². The molecular formula is C27H26N4O4. The van der Waals surface area contributed by atoms with Crippen LogP contribution in [0.3, 0.4) is 0 Å². The van der Waals surface area contributed by atoms with Gasteiger partial charge in [-0.25, -0.2) is 4.68 Å². The predicted molar refractivity (Wildman–Crippen MR) is 132 cm³/mol. The number of rotatable bonds is 8. The number of aromatic nitrogens is 2. The molecule has 3 aromatic carbocycles. The zero-order chi connectivity index (χ0) is 24.6. The van der Waals surface area contributed by atoms with Gasteiger partial charge in [0.05, 0.1) is 25.5 Å². The lowest BCUT2D eigenvalue weighted by Crippen LogP contribution is -2.41. The molecule has 8 nitrogen and oxygen atoms in total. The van der Waals surface area contributed by atoms with Crippen molar-refractivity contribution in [1.29, 1.82) is 0 Å². The highest BCUT2D eigenvalue weighted by Crippen LogP contribution is 2.25. The van der Waals surface area contributed by atoms with E-state index in [1.807, 2.05) is 66.7 Å². The maximum absolute atomic E-state index is 13.0. The molecule has 0 aliphatic rings. The number of nitrogens with one attached hydrogen (secondary N) is 2. The monoisotopic (exact) mass is 470 g/mol. The minimum atomic E-state index is -0.460. The predicted octanol–water partition coefficient (Wildman–Crippen LogP) is 3.95. The molecule has 1 aromatic heterocycles. The number of carbonyl (C=O) groups excluding carboxylic acids is 2. The zero-order valence-electron chi connectivity index (χ0n) is 19.5. The van der Waals surface area contributed by atoms with Crippen molar-refractivity contribution in [1.82, 2.24) is 20.6 Å². The van der Waals surface area contributed by atoms with Crippen LogP contribution in [0.5, 0.6) is 11.5 Å². The molecule has 0 spiro atoms. The normalized spacial score (nSPS) is 10.5. The van der Waals surface area contributed by atoms with Crippen LogP contribution < -0.4 is 20.3 Å². The summed E-state index contributed by atoms with van der Waals surface area (Å²) in [6.45, 7) is 0. The molecule has 0 aliphatic carbocycles. The van der Waals surface area contributed by atoms with E-state index in [1.54, 1.807) is 37.2 Å². The van der Waals surface area contributed by atoms with E-state index in [4.69, 9.17) is 9.47 Å². The largest absolute Gasteiger partial charge is 0.497 e. The third kappa shape index (κ3) is 5.67. The van der Waals surface area contributed by atoms with Crippen LogP contribution in [-0.4, -0.2) is 35.8 Å². The first-order valence-corrected chi connectivity index (χ1v) is 11.1. The van der Waals surface area contributed by atoms with Gasteiger partial charge in [0.15, 0.2) is 0 Å². The second-order valence-corrected chi connectivity index (χ2v) is 7.72. The third-order valence-corrected chi connectivity index (χ3v) is 5.45. The molecule has 4 rings (SSSR count). The smallest absolute Gasteiger partial charge is 0.273 e. The average Bonchev–Trinajstić information content (AvgIpc) is 3.37. The van der Waals surface area contributed by atoms with Crippen LogP contribution in [0, 0.1) is 0 Å². The first kappa shape index (κ1) is 23.6. The summed E-state index contributed by atoms with van der Waals surface area (Å²) in [6.07, 6.45) is 2.22. The van der Waals surface area contributed by atoms with Gasteiger partial charge in [0.2, 0.25) is 5.91 Å². The van der Waals surface area contributed by atoms with Crippen molar-refractivity contribution in [2.24, 2.45) is 0 Å². The molecule has 178 valence electrons. The molecule has 2 N–H and O–H groups in total. The lowest BCUT2D eigenvalue weighted by atomic mass is 10.1. The number of methoxy groups -OCH3 is 2. The molecule has 0 saturated heterocycles. The number of hydrogen-bond donors (Lipinski definition) is 2. The first-order valence-electron chi connectivity index (χ1n) is 11.1. The maximum atomic E-state index is 13.0. The summed E-state index contributed by atoms with van der Waals surface area (Å²) in [5.41, 5.74) is 8.32. The summed E-state index contributed by atoms with van der Waals surface area (Å²) >= 11 is 0. The second-order valence-electron chi connectivity index (χ2n) is 7.72. The molecular weight excluding hydrogens is 444 g/mol. The number of hydrazine groups is 1. The quantitative estimate of drug-likeness (QED) is 0.380. The molecule has 35 heavy (non-hydrogen) atoms. The topological polar surface area (TPSA) is 94.5 Å². The van der Waals surface area contributed by atoms with Gasteiger partial charge < -0.3 is 9.47 Å². The average molecular weight is 471 g/mol. The highest BCUT2D eigenvalue weighted by atomic mass is 16.5. The van der Waals surface area contributed by atoms with Crippen molar-refractivity contribution in [2.45, 2.75) is 12.8 Å². The Morgan fingerprint density at radius 1 is 0.886 bits per heavy atom. The molecule has 0 unspecified atom stereocenters. The first-order chi connectivity index (χ1) is 17.1. The molecule has 0 radical (unpaired) electrons. The molecule has 8 heteroatoms. The summed E-state index contributed by atoms with van der Waals surface area (Å²) in [4.78, 5) is 25.5. The molecule has 0 atom stereocenters. The van der Waals surface area contributed by atoms with E-state index in [0.29, 0.717) is 29.2 Å². The third-order valence-electron chi connectivity index (χ3n) is 5.45. The van der Waals surface area contributed by atoms with Crippen LogP contribution in [0.4, 0.5) is 0 Å². The van der Waals surface area contributed by atoms with E-state index in [-0.39, 0.29) is 12.3 Å². The van der Waals surface area contributed by atoms with Crippen molar-refractivity contribution < 1.29 is 19.1 Å². The van der Waals surface area contributed by atoms with E-state index in [1.165, 1.54) is 0 Å². The Labute approximate surface area is 203 Å². The van der Waals surface area contributed by atoms with E-state index >= 15 is 0 Å². The summed E-state index contributed by atoms with van der Waals surface area (Å²) in [5, 5.41) is 4.63. The molecule has 1 heterocycles. The number of aryl methyl sites for hydroxylation is 1. The highest BCUT2D eigenvalue weighted by Gasteiger charge is 2.19. The summed E-state index contributed by atoms with van der Waals surface area (Å²) in [6, 6.07) is 24.4. The minimum absolute atomic E-state index is 0.151. The number of amides is 2. The van der Waals surface area contributed by atoms with Gasteiger partial charge in [0, 0.05) is 18.2 Å². The van der Waals surface area contributed by atoms with Gasteiger partial charge in [-0.05, 0) is 42.3 Å². The van der Waals surface area contributed by atoms with Gasteiger partial charge in [0.25, 0.3) is 5.91 Å². The molecule has 2 amide bonds. The van der Waals surface area contributed by atoms with E-state index in [0.717, 1.165) is 16.8 Å². The lowest BCUT2D eigenvalue weighted by Gasteiger charge is -2.11. The van der Waals surface area contributed by atoms with Gasteiger partial charge in [-0.15, -0.1) is 0 Å². The fourth-order valence-electron chi connectivity index (χ4n) is 3.64. The van der Waals surface area contributed by atoms with Crippen LogP contribution in [0.25, 0.3) is 16.9 Å². The van der Waals surface area contributed by atoms with Gasteiger partial charge in [-0.2, -0.15) is 5.10 Å². The second kappa shape index (κ2) is 11.0. The SMILES string of the molecule is COc1ccc(OC)c(CCC(=O)NNC(=O)c2cn(-c3ccccc3)nc2-c2ccccc2)c1. The van der Waals surface area contributed by atoms with Crippen molar-refractivity contribution in [3.8, 4) is 28.4 Å². The molecule has 4 aromatic rings. The minimum Gasteiger partial charge on any atom is -0.497 e. The maximum Gasteiger partial charge on any atom is 0.273 e. The van der Waals surface area contributed by atoms with Gasteiger partial charge in [-0.3, -0.25) is 20.4 Å². The fraction of sp³-hybridized carbons (Fsp3) is 0.148. The molecule has 0 fully saturated rings. The van der Waals surface area contributed by atoms with Crippen LogP contribution in [0.15, 0.2) is 85.1 Å². The summed E-state index contributed by atoms with van der Waals surface area (Å²) in [7, 11) is 3.16. The Hall–Kier alpha value is -4.59. The zero-order valence-corrected chi connectivity index (χ0v) is 19.5. The Kier molecular flexibility index (Phi) is 7.42. The van der Waals surface area contributed by atoms with E-state index < -0.39 is 5.91 Å². The molecule has 0 saturated carbocycles. The number of carbonyl (C=O) groups is 2. The van der Waals surface area contributed by atoms with Gasteiger partial charge >= 0.3 is 0 Å². The fourth-order valence-corrected chi connectivity index (χ4v) is 3.64. The van der Waals surface area contributed by atoms with Crippen molar-refractivity contribution in [3.05, 3.63) is 96.2 Å². The lowest BCUT2D eigenvalue weighted by molar-refractivity contribution is -0.121. The Morgan fingerprint density at radius 3 is 2.29 bits per heavy atom. The standard InChI is InChI=1S/C27H26N4O4/c1-34-22-14-15-24(35-2)20(17-22)13-16-25(32)28-29-27(33)23-18-31(21-11-7-4-8-12-21)30-26(23)19-9-5-3-6-10-19/h3-12,14-15,17-18H,13,16H2,1-2H3,(H,28,32)(H,29,33). The van der Waals surface area contributed by atoms with Crippen LogP contribution >= 0.6 is 0 Å². The molecule has 0 aliphatic heterocycles. The number of ether oxygens (including phenoxy) is 2. The Morgan fingerprint density at radius 2 is 1.60 bits per heavy atom. The number of para-hydroxylation sites is 1. The summed E-state index contributed by atoms with van der Waals surface area (Å²) < 4.78 is 12.3. The highest BCUT2D eigenvalue weighted by molar-refractivity contribution is 6.00. The van der Waals surface area contributed by atoms with Gasteiger partial charge in [-0.1, -0.05) is 48.5 Å². The summed E-state index contributed by atoms with van der Waals surface area (Å²) in [5.74, 6) is 0.556.